The van der Waals surface area contributed by atoms with Crippen molar-refractivity contribution in [3.8, 4) is 0 Å². The summed E-state index contributed by atoms with van der Waals surface area (Å²) >= 11 is 0. The molecule has 0 bridgehead atoms. The fraction of sp³-hybridized carbons (Fsp3) is 0.765. The highest BCUT2D eigenvalue weighted by Gasteiger charge is 2.17. The Hall–Kier alpha value is -3.96. The van der Waals surface area contributed by atoms with Crippen LogP contribution in [0.15, 0.2) is 50.8 Å². The van der Waals surface area contributed by atoms with Gasteiger partial charge >= 0.3 is 35.0 Å². The van der Waals surface area contributed by atoms with Crippen LogP contribution in [0.4, 0.5) is 0 Å². The molecule has 0 radical (unpaired) electrons. The molecule has 0 aromatic carbocycles. The van der Waals surface area contributed by atoms with Crippen molar-refractivity contribution in [1.29, 1.82) is 0 Å². The van der Waals surface area contributed by atoms with Gasteiger partial charge in [0.25, 0.3) is 0 Å². The van der Waals surface area contributed by atoms with Crippen molar-refractivity contribution >= 4 is 17.9 Å². The summed E-state index contributed by atoms with van der Waals surface area (Å²) < 4.78 is 18.7. The summed E-state index contributed by atoms with van der Waals surface area (Å²) in [6.07, 6.45) is 43.1. The molecule has 63 heavy (non-hydrogen) atoms. The molecule has 1 aromatic rings. The second kappa shape index (κ2) is 40.8. The van der Waals surface area contributed by atoms with E-state index in [1.54, 1.807) is 0 Å². The van der Waals surface area contributed by atoms with Crippen LogP contribution in [0.2, 0.25) is 0 Å². The van der Waals surface area contributed by atoms with Crippen molar-refractivity contribution < 1.29 is 28.6 Å². The molecule has 0 saturated carbocycles. The second-order valence-electron chi connectivity index (χ2n) is 16.8. The van der Waals surface area contributed by atoms with E-state index in [0.717, 1.165) is 90.8 Å². The van der Waals surface area contributed by atoms with Gasteiger partial charge in [0.1, 0.15) is 19.8 Å². The van der Waals surface area contributed by atoms with Crippen molar-refractivity contribution in [1.82, 2.24) is 13.7 Å². The number of ether oxygens (including phenoxy) is 3. The number of allylic oxidation sites excluding steroid dienone is 6. The molecule has 0 spiro atoms. The summed E-state index contributed by atoms with van der Waals surface area (Å²) in [5.41, 5.74) is -2.66. The van der Waals surface area contributed by atoms with E-state index in [0.29, 0.717) is 19.3 Å². The number of hydrogen-bond donors (Lipinski definition) is 0. The fourth-order valence-electron chi connectivity index (χ4n) is 7.50. The Morgan fingerprint density at radius 3 is 0.778 bits per heavy atom. The molecule has 0 aliphatic carbocycles. The van der Waals surface area contributed by atoms with Crippen LogP contribution in [-0.4, -0.2) is 51.4 Å². The molecular formula is C51H87N3O9. The maximum absolute atomic E-state index is 13.5. The maximum atomic E-state index is 13.5. The zero-order valence-corrected chi connectivity index (χ0v) is 39.9. The minimum absolute atomic E-state index is 0.226. The number of nitrogens with zero attached hydrogens (tertiary/aromatic N) is 3. The van der Waals surface area contributed by atoms with Crippen LogP contribution in [-0.2, 0) is 48.2 Å². The Bertz CT molecular complexity index is 1390. The summed E-state index contributed by atoms with van der Waals surface area (Å²) in [6, 6.07) is 0. The summed E-state index contributed by atoms with van der Waals surface area (Å²) in [6.45, 7) is 4.68. The van der Waals surface area contributed by atoms with E-state index in [2.05, 4.69) is 36.5 Å². The molecule has 0 amide bonds. The first-order valence-corrected chi connectivity index (χ1v) is 25.0. The summed E-state index contributed by atoms with van der Waals surface area (Å²) in [4.78, 5) is 77.9. The van der Waals surface area contributed by atoms with Crippen molar-refractivity contribution in [2.24, 2.45) is 0 Å². The number of carbonyl (C=O) groups excluding carboxylic acids is 3. The predicted molar refractivity (Wildman–Crippen MR) is 255 cm³/mol. The molecular weight excluding hydrogens is 799 g/mol. The molecule has 0 N–H and O–H groups in total. The highest BCUT2D eigenvalue weighted by Crippen LogP contribution is 2.14. The molecule has 0 fully saturated rings. The van der Waals surface area contributed by atoms with Gasteiger partial charge in [-0.1, -0.05) is 152 Å². The second-order valence-corrected chi connectivity index (χ2v) is 16.8. The van der Waals surface area contributed by atoms with Gasteiger partial charge in [-0.25, -0.2) is 28.1 Å². The first kappa shape index (κ1) is 57.1. The summed E-state index contributed by atoms with van der Waals surface area (Å²) in [5, 5.41) is 0. The van der Waals surface area contributed by atoms with E-state index >= 15 is 0 Å². The monoisotopic (exact) mass is 886 g/mol. The average Bonchev–Trinajstić information content (AvgIpc) is 3.27. The Morgan fingerprint density at radius 2 is 0.556 bits per heavy atom. The van der Waals surface area contributed by atoms with Crippen molar-refractivity contribution in [3.63, 3.8) is 0 Å². The first-order valence-electron chi connectivity index (χ1n) is 25.0. The lowest BCUT2D eigenvalue weighted by molar-refractivity contribution is -0.144. The third kappa shape index (κ3) is 30.7. The number of hydrogen-bond acceptors (Lipinski definition) is 9. The van der Waals surface area contributed by atoms with Crippen LogP contribution in [0.5, 0.6) is 0 Å². The van der Waals surface area contributed by atoms with Crippen molar-refractivity contribution in [2.45, 2.75) is 233 Å². The molecule has 1 aromatic heterocycles. The van der Waals surface area contributed by atoms with Crippen LogP contribution in [0.25, 0.3) is 0 Å². The van der Waals surface area contributed by atoms with E-state index in [-0.39, 0.29) is 58.7 Å². The van der Waals surface area contributed by atoms with Gasteiger partial charge < -0.3 is 14.2 Å². The lowest BCUT2D eigenvalue weighted by Crippen LogP contribution is -2.55. The molecule has 1 heterocycles. The predicted octanol–water partition coefficient (Wildman–Crippen LogP) is 11.2. The third-order valence-electron chi connectivity index (χ3n) is 11.3. The number of esters is 3. The van der Waals surface area contributed by atoms with Crippen molar-refractivity contribution in [2.75, 3.05) is 19.8 Å². The largest absolute Gasteiger partial charge is 0.464 e. The van der Waals surface area contributed by atoms with Crippen molar-refractivity contribution in [3.05, 3.63) is 67.9 Å². The van der Waals surface area contributed by atoms with Gasteiger partial charge in [-0.15, -0.1) is 0 Å². The highest BCUT2D eigenvalue weighted by molar-refractivity contribution is 5.69. The maximum Gasteiger partial charge on any atom is 0.336 e. The van der Waals surface area contributed by atoms with Crippen LogP contribution in [0.1, 0.15) is 213 Å². The molecule has 360 valence electrons. The number of rotatable bonds is 42. The van der Waals surface area contributed by atoms with Gasteiger partial charge in [0, 0.05) is 19.3 Å². The van der Waals surface area contributed by atoms with E-state index < -0.39 is 35.0 Å². The quantitative estimate of drug-likeness (QED) is 0.0271. The molecule has 0 atom stereocenters. The fourth-order valence-corrected chi connectivity index (χ4v) is 7.50. The normalized spacial score (nSPS) is 11.7. The van der Waals surface area contributed by atoms with Gasteiger partial charge in [0.05, 0.1) is 19.6 Å². The smallest absolute Gasteiger partial charge is 0.336 e. The lowest BCUT2D eigenvalue weighted by Gasteiger charge is -2.14. The van der Waals surface area contributed by atoms with Crippen LogP contribution >= 0.6 is 0 Å². The van der Waals surface area contributed by atoms with E-state index in [1.807, 2.05) is 20.8 Å². The van der Waals surface area contributed by atoms with Gasteiger partial charge in [0.15, 0.2) is 0 Å². The molecule has 0 aliphatic heterocycles. The van der Waals surface area contributed by atoms with E-state index in [4.69, 9.17) is 14.2 Å². The molecule has 12 heteroatoms. The molecule has 1 rings (SSSR count). The summed E-state index contributed by atoms with van der Waals surface area (Å²) in [7, 11) is 0. The minimum atomic E-state index is -0.886. The van der Waals surface area contributed by atoms with Crippen LogP contribution in [0.3, 0.4) is 0 Å². The van der Waals surface area contributed by atoms with Crippen LogP contribution in [0, 0.1) is 0 Å². The standard InChI is InChI=1S/C51H87N3O9/c1-4-7-10-13-16-19-22-25-28-31-34-37-46(55)61-43-40-52-49(58)53(41-44-62-47(56)38-35-32-29-26-23-20-17-14-11-8-5-2)51(60)54(50(52)59)42-45-63-48(57)39-36-33-30-27-24-21-18-15-12-9-6-3/h4-9H,10-45H2,1-3H3/b7-4+,8-5+,9-6+. The molecule has 0 aliphatic rings. The Morgan fingerprint density at radius 1 is 0.349 bits per heavy atom. The van der Waals surface area contributed by atoms with Crippen LogP contribution < -0.4 is 17.1 Å². The van der Waals surface area contributed by atoms with E-state index in [9.17, 15) is 28.8 Å². The summed E-state index contributed by atoms with van der Waals surface area (Å²) in [5.74, 6) is -1.23. The average molecular weight is 886 g/mol. The van der Waals surface area contributed by atoms with Gasteiger partial charge in [-0.3, -0.25) is 14.4 Å². The van der Waals surface area contributed by atoms with Gasteiger partial charge in [-0.05, 0) is 78.6 Å². The number of carbonyl (C=O) groups is 3. The number of aromatic nitrogens is 3. The molecule has 0 unspecified atom stereocenters. The van der Waals surface area contributed by atoms with Gasteiger partial charge in [-0.2, -0.15) is 0 Å². The molecule has 12 nitrogen and oxygen atoms in total. The Labute approximate surface area is 379 Å². The molecule has 0 saturated heterocycles. The zero-order chi connectivity index (χ0) is 46.0. The first-order chi connectivity index (χ1) is 30.8. The SMILES string of the molecule is C/C=C/CCCCCCCCCCC(=O)OCCn1c(=O)n(CCOC(=O)CCCCCCCCCC/C=C/C)c(=O)n(CCOC(=O)CCCCCCCCCC/C=C/C)c1=O. The topological polar surface area (TPSA) is 145 Å². The Kier molecular flexibility index (Phi) is 36.9. The lowest BCUT2D eigenvalue weighted by atomic mass is 10.1. The third-order valence-corrected chi connectivity index (χ3v) is 11.3. The van der Waals surface area contributed by atoms with E-state index in [1.165, 1.54) is 77.0 Å². The highest BCUT2D eigenvalue weighted by atomic mass is 16.5. The zero-order valence-electron chi connectivity index (χ0n) is 39.9. The number of unbranched alkanes of at least 4 members (excludes halogenated alkanes) is 24. The van der Waals surface area contributed by atoms with Gasteiger partial charge in [0.2, 0.25) is 0 Å². The minimum Gasteiger partial charge on any atom is -0.464 e. The Balaban J connectivity index is 2.68.